The predicted molar refractivity (Wildman–Crippen MR) is 105 cm³/mol. The van der Waals surface area contributed by atoms with Crippen molar-refractivity contribution < 1.29 is 18.4 Å². The lowest BCUT2D eigenvalue weighted by molar-refractivity contribution is -0.00345. The molecule has 6 nitrogen and oxygen atoms in total. The van der Waals surface area contributed by atoms with Gasteiger partial charge in [-0.25, -0.2) is 4.57 Å². The van der Waals surface area contributed by atoms with Gasteiger partial charge >= 0.3 is 13.0 Å². The van der Waals surface area contributed by atoms with E-state index in [-0.39, 0.29) is 12.0 Å². The molecule has 0 spiro atoms. The Morgan fingerprint density at radius 1 is 0.815 bits per heavy atom. The molecule has 0 radical (unpaired) electrons. The Bertz CT molecular complexity index is 914. The first-order valence-electron chi connectivity index (χ1n) is 8.29. The molecule has 0 atom stereocenters. The van der Waals surface area contributed by atoms with Crippen LogP contribution in [0.2, 0.25) is 0 Å². The topological polar surface area (TPSA) is 84.0 Å². The van der Waals surface area contributed by atoms with Gasteiger partial charge in [0.15, 0.2) is 0 Å². The lowest BCUT2D eigenvalue weighted by Crippen LogP contribution is -2.21. The minimum Gasteiger partial charge on any atom is -0.408 e. The lowest BCUT2D eigenvalue weighted by atomic mass is 10.3. The molecule has 3 aromatic rings. The van der Waals surface area contributed by atoms with Crippen molar-refractivity contribution in [2.75, 3.05) is 11.9 Å². The smallest absolute Gasteiger partial charge is 0.408 e. The maximum Gasteiger partial charge on any atom is 0.541 e. The van der Waals surface area contributed by atoms with Crippen LogP contribution in [0.5, 0.6) is 11.5 Å². The first-order chi connectivity index (χ1) is 13.2. The molecule has 1 N–H and O–H groups in total. The first kappa shape index (κ1) is 18.5. The van der Waals surface area contributed by atoms with E-state index in [2.05, 4.69) is 10.1 Å². The van der Waals surface area contributed by atoms with Crippen molar-refractivity contribution in [2.45, 2.75) is 0 Å². The van der Waals surface area contributed by atoms with Crippen LogP contribution in [-0.4, -0.2) is 16.8 Å². The number of nitrogens with zero attached hydrogens (tertiary/aromatic N) is 2. The molecule has 0 aliphatic heterocycles. The summed E-state index contributed by atoms with van der Waals surface area (Å²) in [5.74, 6) is 0.690. The highest BCUT2D eigenvalue weighted by molar-refractivity contribution is 7.72. The zero-order valence-corrected chi connectivity index (χ0v) is 15.3. The van der Waals surface area contributed by atoms with E-state index in [9.17, 15) is 10.1 Å². The second-order valence-corrected chi connectivity index (χ2v) is 7.42. The third-order valence-corrected chi connectivity index (χ3v) is 5.38. The van der Waals surface area contributed by atoms with E-state index in [0.29, 0.717) is 11.5 Å². The molecule has 3 aromatic carbocycles. The highest BCUT2D eigenvalue weighted by atomic mass is 31.2. The van der Waals surface area contributed by atoms with Crippen LogP contribution < -0.4 is 14.4 Å². The normalized spacial score (nSPS) is 10.5. The van der Waals surface area contributed by atoms with Crippen molar-refractivity contribution in [2.24, 2.45) is 0 Å². The standard InChI is InChI=1S/C20H18N3O3P/c21-23-20(16-22-17-10-4-1-5-11-17)27(24,25-18-12-6-2-7-13-18)26-19-14-8-3-9-15-19/h1-15,22H,16H2. The van der Waals surface area contributed by atoms with Gasteiger partial charge in [0, 0.05) is 5.69 Å². The number of anilines is 1. The Balaban J connectivity index is 1.87. The second kappa shape index (κ2) is 8.86. The first-order valence-corrected chi connectivity index (χ1v) is 9.84. The highest BCUT2D eigenvalue weighted by Crippen LogP contribution is 2.49. The van der Waals surface area contributed by atoms with Gasteiger partial charge in [0.1, 0.15) is 18.0 Å². The maximum absolute atomic E-state index is 13.5. The van der Waals surface area contributed by atoms with Crippen molar-refractivity contribution in [3.8, 4) is 11.5 Å². The van der Waals surface area contributed by atoms with E-state index in [4.69, 9.17) is 9.05 Å². The van der Waals surface area contributed by atoms with Gasteiger partial charge in [0.05, 0.1) is 0 Å². The fourth-order valence-electron chi connectivity index (χ4n) is 2.29. The molecule has 0 aliphatic rings. The molecule has 0 aliphatic carbocycles. The van der Waals surface area contributed by atoms with Crippen molar-refractivity contribution in [3.05, 3.63) is 96.5 Å². The minimum atomic E-state index is -3.97. The van der Waals surface area contributed by atoms with Crippen LogP contribution in [0.15, 0.2) is 91.0 Å². The second-order valence-electron chi connectivity index (χ2n) is 5.54. The van der Waals surface area contributed by atoms with Gasteiger partial charge in [-0.05, 0) is 36.4 Å². The van der Waals surface area contributed by atoms with Crippen molar-refractivity contribution in [3.63, 3.8) is 0 Å². The molecular formula is C20H18N3O3P. The van der Waals surface area contributed by atoms with Crippen molar-refractivity contribution in [1.29, 1.82) is 0 Å². The van der Waals surface area contributed by atoms with Crippen LogP contribution >= 0.6 is 7.60 Å². The van der Waals surface area contributed by atoms with Gasteiger partial charge in [-0.15, -0.1) is 0 Å². The number of benzene rings is 3. The van der Waals surface area contributed by atoms with E-state index in [1.165, 1.54) is 0 Å². The van der Waals surface area contributed by atoms with Gasteiger partial charge in [-0.3, -0.25) is 0 Å². The number of nitrogens with one attached hydrogen (secondary N) is 1. The average Bonchev–Trinajstić information content (AvgIpc) is 2.70. The van der Waals surface area contributed by atoms with Gasteiger partial charge < -0.3 is 19.9 Å². The SMILES string of the molecule is [N-]=[N+]=C(CNc1ccccc1)P(=O)(Oc1ccccc1)Oc1ccccc1. The molecule has 0 saturated heterocycles. The quantitative estimate of drug-likeness (QED) is 0.256. The Kier molecular flexibility index (Phi) is 6.06. The summed E-state index contributed by atoms with van der Waals surface area (Å²) in [6.07, 6.45) is 0. The van der Waals surface area contributed by atoms with Crippen LogP contribution in [0.1, 0.15) is 0 Å². The van der Waals surface area contributed by atoms with Gasteiger partial charge in [0.25, 0.3) is 0 Å². The molecule has 0 unspecified atom stereocenters. The Morgan fingerprint density at radius 3 is 1.70 bits per heavy atom. The fourth-order valence-corrected chi connectivity index (χ4v) is 3.72. The number of para-hydroxylation sites is 3. The van der Waals surface area contributed by atoms with E-state index in [0.717, 1.165) is 5.69 Å². The van der Waals surface area contributed by atoms with Crippen LogP contribution in [0.3, 0.4) is 0 Å². The summed E-state index contributed by atoms with van der Waals surface area (Å²) in [4.78, 5) is 3.21. The molecule has 0 fully saturated rings. The Labute approximate surface area is 157 Å². The van der Waals surface area contributed by atoms with Crippen LogP contribution in [-0.2, 0) is 4.57 Å². The predicted octanol–water partition coefficient (Wildman–Crippen LogP) is 5.08. The molecule has 0 saturated carbocycles. The number of rotatable bonds is 8. The zero-order chi connectivity index (χ0) is 19.0. The summed E-state index contributed by atoms with van der Waals surface area (Å²) < 4.78 is 24.8. The van der Waals surface area contributed by atoms with Gasteiger partial charge in [0.2, 0.25) is 0 Å². The summed E-state index contributed by atoms with van der Waals surface area (Å²) in [6, 6.07) is 26.5. The molecule has 136 valence electrons. The van der Waals surface area contributed by atoms with Crippen LogP contribution in [0, 0.1) is 0 Å². The third-order valence-electron chi connectivity index (χ3n) is 3.59. The summed E-state index contributed by atoms with van der Waals surface area (Å²) >= 11 is 0. The van der Waals surface area contributed by atoms with Crippen LogP contribution in [0.25, 0.3) is 5.53 Å². The van der Waals surface area contributed by atoms with E-state index >= 15 is 0 Å². The molecule has 3 rings (SSSR count). The molecule has 0 aromatic heterocycles. The zero-order valence-electron chi connectivity index (χ0n) is 14.4. The Morgan fingerprint density at radius 2 is 1.26 bits per heavy atom. The molecule has 27 heavy (non-hydrogen) atoms. The lowest BCUT2D eigenvalue weighted by Gasteiger charge is -2.17. The Hall–Kier alpha value is -3.33. The van der Waals surface area contributed by atoms with E-state index in [1.54, 1.807) is 48.5 Å². The fraction of sp³-hybridized carbons (Fsp3) is 0.0500. The van der Waals surface area contributed by atoms with Crippen LogP contribution in [0.4, 0.5) is 5.69 Å². The van der Waals surface area contributed by atoms with E-state index < -0.39 is 7.60 Å². The summed E-state index contributed by atoms with van der Waals surface area (Å²) in [5, 5.41) is 3.05. The molecule has 7 heteroatoms. The monoisotopic (exact) mass is 379 g/mol. The third kappa shape index (κ3) is 5.08. The molecular weight excluding hydrogens is 361 g/mol. The summed E-state index contributed by atoms with van der Waals surface area (Å²) in [6.45, 7) is -0.0164. The molecule has 0 heterocycles. The minimum absolute atomic E-state index is 0.0164. The van der Waals surface area contributed by atoms with E-state index in [1.807, 2.05) is 42.5 Å². The molecule has 0 bridgehead atoms. The number of hydrogen-bond acceptors (Lipinski definition) is 4. The maximum atomic E-state index is 13.5. The van der Waals surface area contributed by atoms with Gasteiger partial charge in [-0.1, -0.05) is 54.6 Å². The average molecular weight is 379 g/mol. The summed E-state index contributed by atoms with van der Waals surface area (Å²) in [7, 11) is -3.97. The largest absolute Gasteiger partial charge is 0.541 e. The highest BCUT2D eigenvalue weighted by Gasteiger charge is 2.43. The van der Waals surface area contributed by atoms with Gasteiger partial charge in [-0.2, -0.15) is 4.79 Å². The van der Waals surface area contributed by atoms with Crippen molar-refractivity contribution in [1.82, 2.24) is 0 Å². The molecule has 0 amide bonds. The summed E-state index contributed by atoms with van der Waals surface area (Å²) in [5.41, 5.74) is 10.2. The number of hydrogen-bond donors (Lipinski definition) is 1. The van der Waals surface area contributed by atoms with Crippen molar-refractivity contribution >= 4 is 18.7 Å².